The van der Waals surface area contributed by atoms with Gasteiger partial charge in [0.05, 0.1) is 5.69 Å². The van der Waals surface area contributed by atoms with E-state index in [-0.39, 0.29) is 12.0 Å². The number of ether oxygens (including phenoxy) is 1. The molecule has 1 amide bonds. The second-order valence-electron chi connectivity index (χ2n) is 7.94. The Hall–Kier alpha value is -2.44. The Kier molecular flexibility index (Phi) is 6.75. The third-order valence-electron chi connectivity index (χ3n) is 5.74. The summed E-state index contributed by atoms with van der Waals surface area (Å²) in [6.07, 6.45) is 6.40. The highest BCUT2D eigenvalue weighted by Crippen LogP contribution is 2.20. The van der Waals surface area contributed by atoms with Crippen molar-refractivity contribution in [1.29, 1.82) is 0 Å². The molecule has 2 saturated heterocycles. The van der Waals surface area contributed by atoms with Crippen LogP contribution in [-0.2, 0) is 6.54 Å². The number of nitrogens with zero attached hydrogens (tertiary/aromatic N) is 2. The number of hydrogen-bond acceptors (Lipinski definition) is 5. The van der Waals surface area contributed by atoms with Crippen LogP contribution in [0, 0.1) is 0 Å². The van der Waals surface area contributed by atoms with Crippen LogP contribution in [0.1, 0.15) is 41.7 Å². The Bertz CT molecular complexity index is 767. The molecule has 1 aromatic carbocycles. The molecule has 2 aliphatic heterocycles. The molecule has 0 saturated carbocycles. The number of pyridine rings is 1. The summed E-state index contributed by atoms with van der Waals surface area (Å²) in [5.41, 5.74) is 1.80. The Balaban J connectivity index is 1.20. The van der Waals surface area contributed by atoms with Crippen LogP contribution >= 0.6 is 0 Å². The molecule has 1 aromatic heterocycles. The first-order valence-corrected chi connectivity index (χ1v) is 10.7. The van der Waals surface area contributed by atoms with Crippen molar-refractivity contribution in [3.63, 3.8) is 0 Å². The number of carbonyl (C=O) groups excluding carboxylic acids is 1. The van der Waals surface area contributed by atoms with Gasteiger partial charge in [-0.25, -0.2) is 0 Å². The van der Waals surface area contributed by atoms with Crippen LogP contribution in [-0.4, -0.2) is 54.1 Å². The van der Waals surface area contributed by atoms with Gasteiger partial charge in [-0.2, -0.15) is 0 Å². The van der Waals surface area contributed by atoms with E-state index < -0.39 is 0 Å². The van der Waals surface area contributed by atoms with Crippen LogP contribution in [0.3, 0.4) is 0 Å². The summed E-state index contributed by atoms with van der Waals surface area (Å²) in [6, 6.07) is 14.0. The summed E-state index contributed by atoms with van der Waals surface area (Å²) in [7, 11) is 0. The fourth-order valence-electron chi connectivity index (χ4n) is 4.03. The molecule has 0 unspecified atom stereocenters. The number of hydrogen-bond donors (Lipinski definition) is 2. The van der Waals surface area contributed by atoms with Crippen molar-refractivity contribution < 1.29 is 9.53 Å². The normalized spacial score (nSPS) is 20.5. The van der Waals surface area contributed by atoms with Crippen molar-refractivity contribution in [3.05, 3.63) is 59.9 Å². The van der Waals surface area contributed by atoms with Gasteiger partial charge in [-0.15, -0.1) is 0 Å². The molecule has 1 atom stereocenters. The van der Waals surface area contributed by atoms with Gasteiger partial charge in [0.2, 0.25) is 0 Å². The lowest BCUT2D eigenvalue weighted by molar-refractivity contribution is 0.0946. The van der Waals surface area contributed by atoms with Crippen molar-refractivity contribution >= 4 is 5.91 Å². The topological polar surface area (TPSA) is 66.5 Å². The third kappa shape index (κ3) is 5.78. The zero-order valence-electron chi connectivity index (χ0n) is 16.8. The van der Waals surface area contributed by atoms with Crippen LogP contribution < -0.4 is 15.4 Å². The summed E-state index contributed by atoms with van der Waals surface area (Å²) >= 11 is 0. The molecule has 2 aliphatic rings. The van der Waals surface area contributed by atoms with E-state index in [1.165, 1.54) is 6.42 Å². The predicted octanol–water partition coefficient (Wildman–Crippen LogP) is 2.61. The molecule has 2 fully saturated rings. The van der Waals surface area contributed by atoms with Crippen molar-refractivity contribution in [1.82, 2.24) is 20.5 Å². The predicted molar refractivity (Wildman–Crippen MR) is 113 cm³/mol. The van der Waals surface area contributed by atoms with Gasteiger partial charge in [-0.05, 0) is 68.6 Å². The lowest BCUT2D eigenvalue weighted by atomic mass is 10.1. The first-order chi connectivity index (χ1) is 14.3. The van der Waals surface area contributed by atoms with Gasteiger partial charge < -0.3 is 15.4 Å². The molecule has 2 aromatic rings. The van der Waals surface area contributed by atoms with E-state index >= 15 is 0 Å². The smallest absolute Gasteiger partial charge is 0.251 e. The maximum Gasteiger partial charge on any atom is 0.251 e. The second-order valence-corrected chi connectivity index (χ2v) is 7.94. The van der Waals surface area contributed by atoms with Crippen LogP contribution in [0.5, 0.6) is 5.75 Å². The maximum atomic E-state index is 12.3. The molecule has 3 heterocycles. The second kappa shape index (κ2) is 9.85. The highest BCUT2D eigenvalue weighted by Gasteiger charge is 2.21. The standard InChI is InChI=1S/C23H30N4O2/c28-23(26-16-19-5-3-13-24-19)18-6-8-21(9-7-18)29-22-10-14-27(15-11-22)17-20-4-1-2-12-25-20/h1-2,4,6-9,12,19,22,24H,3,5,10-11,13-17H2,(H,26,28)/t19-/m0/s1. The Morgan fingerprint density at radius 2 is 1.97 bits per heavy atom. The van der Waals surface area contributed by atoms with E-state index in [1.54, 1.807) is 0 Å². The minimum absolute atomic E-state index is 0.0203. The Morgan fingerprint density at radius 1 is 1.14 bits per heavy atom. The first-order valence-electron chi connectivity index (χ1n) is 10.7. The average Bonchev–Trinajstić information content (AvgIpc) is 3.28. The molecule has 6 heteroatoms. The van der Waals surface area contributed by atoms with Crippen LogP contribution in [0.4, 0.5) is 0 Å². The number of carbonyl (C=O) groups is 1. The molecule has 29 heavy (non-hydrogen) atoms. The number of rotatable bonds is 7. The summed E-state index contributed by atoms with van der Waals surface area (Å²) < 4.78 is 6.15. The summed E-state index contributed by atoms with van der Waals surface area (Å²) in [6.45, 7) is 4.66. The Morgan fingerprint density at radius 3 is 2.66 bits per heavy atom. The van der Waals surface area contributed by atoms with Gasteiger partial charge in [0, 0.05) is 44.0 Å². The monoisotopic (exact) mass is 394 g/mol. The molecule has 0 aliphatic carbocycles. The highest BCUT2D eigenvalue weighted by molar-refractivity contribution is 5.94. The fourth-order valence-corrected chi connectivity index (χ4v) is 4.03. The minimum atomic E-state index is -0.0203. The lowest BCUT2D eigenvalue weighted by Gasteiger charge is -2.31. The van der Waals surface area contributed by atoms with Crippen molar-refractivity contribution in [3.8, 4) is 5.75 Å². The highest BCUT2D eigenvalue weighted by atomic mass is 16.5. The van der Waals surface area contributed by atoms with Crippen molar-refractivity contribution in [2.75, 3.05) is 26.2 Å². The number of likely N-dealkylation sites (tertiary alicyclic amines) is 1. The molecule has 0 bridgehead atoms. The van der Waals surface area contributed by atoms with E-state index in [0.29, 0.717) is 18.2 Å². The molecule has 154 valence electrons. The molecular formula is C23H30N4O2. The first kappa shape index (κ1) is 19.9. The van der Waals surface area contributed by atoms with Crippen molar-refractivity contribution in [2.24, 2.45) is 0 Å². The molecule has 2 N–H and O–H groups in total. The van der Waals surface area contributed by atoms with E-state index in [0.717, 1.165) is 56.9 Å². The summed E-state index contributed by atoms with van der Waals surface area (Å²) in [4.78, 5) is 19.1. The molecule has 0 spiro atoms. The van der Waals surface area contributed by atoms with E-state index in [2.05, 4.69) is 26.6 Å². The van der Waals surface area contributed by atoms with Crippen LogP contribution in [0.2, 0.25) is 0 Å². The van der Waals surface area contributed by atoms with Crippen LogP contribution in [0.15, 0.2) is 48.7 Å². The van der Waals surface area contributed by atoms with Crippen molar-refractivity contribution in [2.45, 2.75) is 44.4 Å². The number of aromatic nitrogens is 1. The number of piperidine rings is 1. The van der Waals surface area contributed by atoms with E-state index in [9.17, 15) is 4.79 Å². The van der Waals surface area contributed by atoms with Crippen LogP contribution in [0.25, 0.3) is 0 Å². The zero-order chi connectivity index (χ0) is 19.9. The van der Waals surface area contributed by atoms with E-state index in [4.69, 9.17) is 4.74 Å². The maximum absolute atomic E-state index is 12.3. The third-order valence-corrected chi connectivity index (χ3v) is 5.74. The van der Waals surface area contributed by atoms with Gasteiger partial charge in [-0.3, -0.25) is 14.7 Å². The molecule has 4 rings (SSSR count). The molecule has 0 radical (unpaired) electrons. The SMILES string of the molecule is O=C(NC[C@@H]1CCCN1)c1ccc(OC2CCN(Cc3ccccn3)CC2)cc1. The van der Waals surface area contributed by atoms with Gasteiger partial charge in [0.25, 0.3) is 5.91 Å². The fraction of sp³-hybridized carbons (Fsp3) is 0.478. The van der Waals surface area contributed by atoms with Gasteiger partial charge in [-0.1, -0.05) is 6.07 Å². The van der Waals surface area contributed by atoms with Gasteiger partial charge >= 0.3 is 0 Å². The number of benzene rings is 1. The summed E-state index contributed by atoms with van der Waals surface area (Å²) in [5, 5.41) is 6.41. The summed E-state index contributed by atoms with van der Waals surface area (Å²) in [5.74, 6) is 0.815. The zero-order valence-corrected chi connectivity index (χ0v) is 16.8. The molecule has 6 nitrogen and oxygen atoms in total. The lowest BCUT2D eigenvalue weighted by Crippen LogP contribution is -2.38. The van der Waals surface area contributed by atoms with E-state index in [1.807, 2.05) is 42.6 Å². The molecular weight excluding hydrogens is 364 g/mol. The average molecular weight is 395 g/mol. The minimum Gasteiger partial charge on any atom is -0.490 e. The van der Waals surface area contributed by atoms with Gasteiger partial charge in [0.15, 0.2) is 0 Å². The largest absolute Gasteiger partial charge is 0.490 e. The quantitative estimate of drug-likeness (QED) is 0.756. The number of nitrogens with one attached hydrogen (secondary N) is 2. The number of amides is 1. The Labute approximate surface area is 172 Å². The van der Waals surface area contributed by atoms with Gasteiger partial charge in [0.1, 0.15) is 11.9 Å².